The Kier molecular flexibility index (Phi) is 7.73. The van der Waals surface area contributed by atoms with Crippen LogP contribution in [0.3, 0.4) is 0 Å². The lowest BCUT2D eigenvalue weighted by molar-refractivity contribution is 1.05. The molecule has 4 heterocycles. The Labute approximate surface area is 367 Å². The lowest BCUT2D eigenvalue weighted by atomic mass is 9.32. The summed E-state index contributed by atoms with van der Waals surface area (Å²) >= 11 is 0. The lowest BCUT2D eigenvalue weighted by Gasteiger charge is -2.32. The summed E-state index contributed by atoms with van der Waals surface area (Å²) in [6.07, 6.45) is 0.936. The Morgan fingerprint density at radius 1 is 0.349 bits per heavy atom. The van der Waals surface area contributed by atoms with Gasteiger partial charge in [-0.1, -0.05) is 172 Å². The molecule has 1 aliphatic heterocycles. The molecule has 4 heteroatoms. The van der Waals surface area contributed by atoms with Gasteiger partial charge in [-0.05, 0) is 93.8 Å². The molecule has 0 bridgehead atoms. The monoisotopic (exact) mass is 805 g/mol. The fourth-order valence-corrected chi connectivity index (χ4v) is 11.8. The van der Waals surface area contributed by atoms with Crippen LogP contribution in [0.5, 0.6) is 0 Å². The standard InChI is InChI=1S/C59H44BN3/c1-36-29-38(3)57-40(31-36)33-41-32-37(2)30-39(4)58(41)60(57)42-34-55(61-49-23-11-5-17-43(49)44-18-6-12-24-50(44)61)59(63-53-27-15-9-21-47(53)48-22-10-16-28-54(48)63)56(35-42)62-51-25-13-7-19-45(51)46-20-8-14-26-52(46)62/h5-32,34-35H,33H2,1-4H3. The smallest absolute Gasteiger partial charge is 0.242 e. The summed E-state index contributed by atoms with van der Waals surface area (Å²) in [7, 11) is 0. The van der Waals surface area contributed by atoms with Gasteiger partial charge in [0, 0.05) is 32.3 Å². The lowest BCUT2D eigenvalue weighted by Crippen LogP contribution is -2.59. The van der Waals surface area contributed by atoms with E-state index in [2.05, 4.69) is 223 Å². The minimum atomic E-state index is 0.0100. The van der Waals surface area contributed by atoms with Gasteiger partial charge in [0.15, 0.2) is 0 Å². The SMILES string of the molecule is Cc1cc(C)c2c(c1)Cc1cc(C)cc(C)c1B2c1cc(-n2c3ccccc3c3ccccc32)c(-n2c3ccccc3c3ccccc32)c(-n2c3ccccc3c3ccccc32)c1. The molecule has 0 saturated heterocycles. The van der Waals surface area contributed by atoms with Crippen LogP contribution in [0.25, 0.3) is 82.5 Å². The van der Waals surface area contributed by atoms with E-state index in [0.717, 1.165) is 23.5 Å². The molecule has 0 amide bonds. The highest BCUT2D eigenvalue weighted by Gasteiger charge is 2.36. The summed E-state index contributed by atoms with van der Waals surface area (Å²) < 4.78 is 7.70. The number of nitrogens with zero attached hydrogens (tertiary/aromatic N) is 3. The number of para-hydroxylation sites is 6. The summed E-state index contributed by atoms with van der Waals surface area (Å²) in [5.74, 6) is 0. The highest BCUT2D eigenvalue weighted by atomic mass is 15.1. The number of hydrogen-bond donors (Lipinski definition) is 0. The van der Waals surface area contributed by atoms with Crippen molar-refractivity contribution in [1.82, 2.24) is 13.7 Å². The third-order valence-electron chi connectivity index (χ3n) is 14.1. The maximum absolute atomic E-state index is 2.57. The largest absolute Gasteiger partial charge is 0.307 e. The van der Waals surface area contributed by atoms with E-state index in [1.807, 2.05) is 0 Å². The Bertz CT molecular complexity index is 3540. The molecular weight excluding hydrogens is 761 g/mol. The first-order valence-corrected chi connectivity index (χ1v) is 22.3. The molecule has 0 atom stereocenters. The van der Waals surface area contributed by atoms with Gasteiger partial charge in [-0.25, -0.2) is 0 Å². The first-order chi connectivity index (χ1) is 30.9. The Morgan fingerprint density at radius 2 is 0.651 bits per heavy atom. The molecule has 0 aliphatic carbocycles. The van der Waals surface area contributed by atoms with Gasteiger partial charge in [0.05, 0.1) is 50.2 Å². The van der Waals surface area contributed by atoms with Gasteiger partial charge in [0.25, 0.3) is 0 Å². The highest BCUT2D eigenvalue weighted by Crippen LogP contribution is 2.43. The van der Waals surface area contributed by atoms with Crippen LogP contribution in [0, 0.1) is 27.7 Å². The van der Waals surface area contributed by atoms with Crippen molar-refractivity contribution < 1.29 is 0 Å². The average molecular weight is 806 g/mol. The summed E-state index contributed by atoms with van der Waals surface area (Å²) in [5.41, 5.74) is 22.9. The molecule has 63 heavy (non-hydrogen) atoms. The van der Waals surface area contributed by atoms with Crippen LogP contribution in [0.15, 0.2) is 182 Å². The summed E-state index contributed by atoms with van der Waals surface area (Å²) in [5, 5.41) is 7.47. The van der Waals surface area contributed by atoms with Crippen LogP contribution in [-0.4, -0.2) is 20.4 Å². The van der Waals surface area contributed by atoms with Crippen molar-refractivity contribution in [1.29, 1.82) is 0 Å². The van der Waals surface area contributed by atoms with Gasteiger partial charge in [0.2, 0.25) is 6.71 Å². The van der Waals surface area contributed by atoms with Gasteiger partial charge in [-0.2, -0.15) is 0 Å². The molecule has 9 aromatic carbocycles. The van der Waals surface area contributed by atoms with E-state index in [0.29, 0.717) is 0 Å². The summed E-state index contributed by atoms with van der Waals surface area (Å²) in [6.45, 7) is 9.18. The molecule has 0 radical (unpaired) electrons. The first kappa shape index (κ1) is 36.1. The second kappa shape index (κ2) is 13.5. The molecule has 13 rings (SSSR count). The van der Waals surface area contributed by atoms with Crippen LogP contribution in [0.1, 0.15) is 33.4 Å². The molecule has 3 aromatic heterocycles. The van der Waals surface area contributed by atoms with Gasteiger partial charge in [0.1, 0.15) is 0 Å². The van der Waals surface area contributed by atoms with Gasteiger partial charge >= 0.3 is 0 Å². The molecule has 0 N–H and O–H groups in total. The van der Waals surface area contributed by atoms with Crippen molar-refractivity contribution in [2.45, 2.75) is 34.1 Å². The van der Waals surface area contributed by atoms with Crippen LogP contribution in [0.4, 0.5) is 0 Å². The topological polar surface area (TPSA) is 14.8 Å². The van der Waals surface area contributed by atoms with Gasteiger partial charge < -0.3 is 13.7 Å². The van der Waals surface area contributed by atoms with E-state index in [1.165, 1.54) is 115 Å². The van der Waals surface area contributed by atoms with E-state index in [4.69, 9.17) is 0 Å². The number of hydrogen-bond acceptors (Lipinski definition) is 0. The van der Waals surface area contributed by atoms with Crippen molar-refractivity contribution in [2.24, 2.45) is 0 Å². The highest BCUT2D eigenvalue weighted by molar-refractivity contribution is 6.97. The Hall–Kier alpha value is -7.56. The maximum Gasteiger partial charge on any atom is 0.242 e. The minimum Gasteiger partial charge on any atom is -0.307 e. The number of fused-ring (bicyclic) bond motifs is 11. The van der Waals surface area contributed by atoms with Gasteiger partial charge in [-0.3, -0.25) is 0 Å². The molecule has 3 nitrogen and oxygen atoms in total. The van der Waals surface area contributed by atoms with E-state index in [-0.39, 0.29) is 6.71 Å². The Morgan fingerprint density at radius 3 is 0.984 bits per heavy atom. The molecule has 1 aliphatic rings. The van der Waals surface area contributed by atoms with Crippen molar-refractivity contribution >= 4 is 88.5 Å². The van der Waals surface area contributed by atoms with Crippen molar-refractivity contribution in [3.63, 3.8) is 0 Å². The zero-order valence-electron chi connectivity index (χ0n) is 35.9. The predicted octanol–water partition coefficient (Wildman–Crippen LogP) is 12.6. The van der Waals surface area contributed by atoms with E-state index in [1.54, 1.807) is 0 Å². The maximum atomic E-state index is 2.57. The molecule has 0 fully saturated rings. The van der Waals surface area contributed by atoms with E-state index in [9.17, 15) is 0 Å². The number of benzene rings is 9. The third kappa shape index (κ3) is 5.15. The quantitative estimate of drug-likeness (QED) is 0.157. The summed E-state index contributed by atoms with van der Waals surface area (Å²) in [4.78, 5) is 0. The number of aryl methyl sites for hydroxylation is 4. The normalized spacial score (nSPS) is 12.7. The van der Waals surface area contributed by atoms with E-state index < -0.39 is 0 Å². The molecule has 0 spiro atoms. The van der Waals surface area contributed by atoms with Gasteiger partial charge in [-0.15, -0.1) is 0 Å². The second-order valence-corrected chi connectivity index (χ2v) is 17.9. The Balaban J connectivity index is 1.30. The molecule has 298 valence electrons. The van der Waals surface area contributed by atoms with Crippen molar-refractivity contribution in [3.05, 3.63) is 215 Å². The fourth-order valence-electron chi connectivity index (χ4n) is 11.8. The van der Waals surface area contributed by atoms with Crippen molar-refractivity contribution in [3.8, 4) is 17.1 Å². The van der Waals surface area contributed by atoms with E-state index >= 15 is 0 Å². The predicted molar refractivity (Wildman–Crippen MR) is 269 cm³/mol. The molecule has 12 aromatic rings. The zero-order valence-corrected chi connectivity index (χ0v) is 35.9. The second-order valence-electron chi connectivity index (χ2n) is 17.9. The average Bonchev–Trinajstić information content (AvgIpc) is 3.94. The molecule has 0 saturated carbocycles. The summed E-state index contributed by atoms with van der Waals surface area (Å²) in [6, 6.07) is 68.6. The van der Waals surface area contributed by atoms with Crippen LogP contribution in [-0.2, 0) is 6.42 Å². The zero-order chi connectivity index (χ0) is 42.1. The van der Waals surface area contributed by atoms with Crippen LogP contribution >= 0.6 is 0 Å². The number of aromatic nitrogens is 3. The molecule has 0 unspecified atom stereocenters. The van der Waals surface area contributed by atoms with Crippen molar-refractivity contribution in [2.75, 3.05) is 0 Å². The van der Waals surface area contributed by atoms with Crippen LogP contribution in [0.2, 0.25) is 0 Å². The minimum absolute atomic E-state index is 0.0100. The third-order valence-corrected chi connectivity index (χ3v) is 14.1. The number of rotatable bonds is 4. The van der Waals surface area contributed by atoms with Crippen LogP contribution < -0.4 is 16.4 Å². The first-order valence-electron chi connectivity index (χ1n) is 22.3. The molecular formula is C59H44BN3. The fraction of sp³-hybridized carbons (Fsp3) is 0.0847.